The van der Waals surface area contributed by atoms with Gasteiger partial charge < -0.3 is 5.11 Å². The standard InChI is InChI=1S/C16H25NO3S/c1-4-15-7-5-6-8-17(15)21(19,20)16-10-14(11-18)9-12(2)13(16)3/h9-10,15,18H,4-8,11H2,1-3H3. The first kappa shape index (κ1) is 16.5. The van der Waals surface area contributed by atoms with Crippen molar-refractivity contribution in [2.24, 2.45) is 0 Å². The molecule has 21 heavy (non-hydrogen) atoms. The van der Waals surface area contributed by atoms with Crippen LogP contribution >= 0.6 is 0 Å². The highest BCUT2D eigenvalue weighted by atomic mass is 32.2. The van der Waals surface area contributed by atoms with Crippen molar-refractivity contribution in [3.8, 4) is 0 Å². The van der Waals surface area contributed by atoms with Crippen molar-refractivity contribution in [3.05, 3.63) is 28.8 Å². The molecule has 1 unspecified atom stereocenters. The van der Waals surface area contributed by atoms with E-state index in [1.165, 1.54) is 0 Å². The average Bonchev–Trinajstić information content (AvgIpc) is 2.49. The molecule has 0 amide bonds. The first-order valence-corrected chi connectivity index (χ1v) is 9.08. The van der Waals surface area contributed by atoms with Crippen LogP contribution < -0.4 is 0 Å². The van der Waals surface area contributed by atoms with Gasteiger partial charge in [-0.3, -0.25) is 0 Å². The highest BCUT2D eigenvalue weighted by Crippen LogP contribution is 2.30. The van der Waals surface area contributed by atoms with Gasteiger partial charge in [-0.05, 0) is 55.9 Å². The lowest BCUT2D eigenvalue weighted by molar-refractivity contribution is 0.246. The molecule has 4 nitrogen and oxygen atoms in total. The minimum atomic E-state index is -3.49. The Morgan fingerprint density at radius 2 is 2.00 bits per heavy atom. The molecule has 1 aliphatic rings. The molecule has 5 heteroatoms. The molecule has 1 atom stereocenters. The van der Waals surface area contributed by atoms with Crippen molar-refractivity contribution < 1.29 is 13.5 Å². The summed E-state index contributed by atoms with van der Waals surface area (Å²) in [7, 11) is -3.49. The maximum atomic E-state index is 13.0. The Morgan fingerprint density at radius 1 is 1.29 bits per heavy atom. The number of hydrogen-bond donors (Lipinski definition) is 1. The molecule has 1 aliphatic heterocycles. The van der Waals surface area contributed by atoms with Crippen LogP contribution in [0, 0.1) is 13.8 Å². The molecular formula is C16H25NO3S. The summed E-state index contributed by atoms with van der Waals surface area (Å²) in [6.07, 6.45) is 3.80. The summed E-state index contributed by atoms with van der Waals surface area (Å²) < 4.78 is 27.8. The molecule has 0 spiro atoms. The average molecular weight is 311 g/mol. The number of aryl methyl sites for hydroxylation is 1. The first-order chi connectivity index (χ1) is 9.91. The van der Waals surface area contributed by atoms with Gasteiger partial charge in [-0.15, -0.1) is 0 Å². The Balaban J connectivity index is 2.50. The summed E-state index contributed by atoms with van der Waals surface area (Å²) in [5, 5.41) is 9.34. The summed E-state index contributed by atoms with van der Waals surface area (Å²) in [6, 6.07) is 3.57. The molecule has 118 valence electrons. The molecule has 0 radical (unpaired) electrons. The number of benzene rings is 1. The van der Waals surface area contributed by atoms with Crippen LogP contribution in [-0.2, 0) is 16.6 Å². The molecular weight excluding hydrogens is 286 g/mol. The van der Waals surface area contributed by atoms with E-state index >= 15 is 0 Å². The SMILES string of the molecule is CCC1CCCCN1S(=O)(=O)c1cc(CO)cc(C)c1C. The molecule has 0 bridgehead atoms. The van der Waals surface area contributed by atoms with Gasteiger partial charge in [0.15, 0.2) is 0 Å². The van der Waals surface area contributed by atoms with Crippen molar-refractivity contribution in [3.63, 3.8) is 0 Å². The fourth-order valence-electron chi connectivity index (χ4n) is 3.08. The van der Waals surface area contributed by atoms with Crippen LogP contribution in [0.4, 0.5) is 0 Å². The highest BCUT2D eigenvalue weighted by Gasteiger charge is 2.33. The monoisotopic (exact) mass is 311 g/mol. The van der Waals surface area contributed by atoms with E-state index in [4.69, 9.17) is 0 Å². The largest absolute Gasteiger partial charge is 0.392 e. The number of piperidine rings is 1. The van der Waals surface area contributed by atoms with E-state index in [2.05, 4.69) is 0 Å². The Hall–Kier alpha value is -0.910. The van der Waals surface area contributed by atoms with Crippen molar-refractivity contribution in [2.75, 3.05) is 6.54 Å². The topological polar surface area (TPSA) is 57.6 Å². The minimum absolute atomic E-state index is 0.0984. The van der Waals surface area contributed by atoms with Gasteiger partial charge in [-0.2, -0.15) is 4.31 Å². The van der Waals surface area contributed by atoms with Gasteiger partial charge in [-0.1, -0.05) is 19.4 Å². The molecule has 1 fully saturated rings. The molecule has 1 aromatic rings. The third-order valence-corrected chi connectivity index (χ3v) is 6.57. The summed E-state index contributed by atoms with van der Waals surface area (Å²) in [5.41, 5.74) is 2.35. The van der Waals surface area contributed by atoms with Crippen LogP contribution in [0.5, 0.6) is 0 Å². The van der Waals surface area contributed by atoms with E-state index in [-0.39, 0.29) is 12.6 Å². The lowest BCUT2D eigenvalue weighted by atomic mass is 10.0. The van der Waals surface area contributed by atoms with Crippen molar-refractivity contribution in [1.29, 1.82) is 0 Å². The second-order valence-corrected chi connectivity index (χ2v) is 7.73. The molecule has 2 rings (SSSR count). The van der Waals surface area contributed by atoms with E-state index in [1.807, 2.05) is 26.8 Å². The molecule has 1 N–H and O–H groups in total. The zero-order valence-corrected chi connectivity index (χ0v) is 13.9. The summed E-state index contributed by atoms with van der Waals surface area (Å²) in [4.78, 5) is 0.354. The Kier molecular flexibility index (Phi) is 5.07. The number of aliphatic hydroxyl groups is 1. The second-order valence-electron chi connectivity index (χ2n) is 5.87. The van der Waals surface area contributed by atoms with Crippen LogP contribution in [-0.4, -0.2) is 30.4 Å². The number of hydrogen-bond acceptors (Lipinski definition) is 3. The molecule has 0 saturated carbocycles. The quantitative estimate of drug-likeness (QED) is 0.930. The first-order valence-electron chi connectivity index (χ1n) is 7.64. The van der Waals surface area contributed by atoms with E-state index in [1.54, 1.807) is 10.4 Å². The predicted molar refractivity (Wildman–Crippen MR) is 83.7 cm³/mol. The highest BCUT2D eigenvalue weighted by molar-refractivity contribution is 7.89. The maximum Gasteiger partial charge on any atom is 0.243 e. The summed E-state index contributed by atoms with van der Waals surface area (Å²) >= 11 is 0. The predicted octanol–water partition coefficient (Wildman–Crippen LogP) is 2.75. The van der Waals surface area contributed by atoms with Crippen LogP contribution in [0.25, 0.3) is 0 Å². The van der Waals surface area contributed by atoms with Crippen LogP contribution in [0.3, 0.4) is 0 Å². The van der Waals surface area contributed by atoms with Gasteiger partial charge in [0.2, 0.25) is 10.0 Å². The lowest BCUT2D eigenvalue weighted by Crippen LogP contribution is -2.43. The van der Waals surface area contributed by atoms with Crippen molar-refractivity contribution in [2.45, 2.75) is 64.0 Å². The van der Waals surface area contributed by atoms with Gasteiger partial charge in [0, 0.05) is 12.6 Å². The maximum absolute atomic E-state index is 13.0. The van der Waals surface area contributed by atoms with Crippen LogP contribution in [0.15, 0.2) is 17.0 Å². The third kappa shape index (κ3) is 3.15. The van der Waals surface area contributed by atoms with Gasteiger partial charge in [0.25, 0.3) is 0 Å². The van der Waals surface area contributed by atoms with Crippen LogP contribution in [0.1, 0.15) is 49.3 Å². The lowest BCUT2D eigenvalue weighted by Gasteiger charge is -2.34. The van der Waals surface area contributed by atoms with E-state index in [9.17, 15) is 13.5 Å². The molecule has 1 heterocycles. The number of nitrogens with zero attached hydrogens (tertiary/aromatic N) is 1. The molecule has 0 aliphatic carbocycles. The number of sulfonamides is 1. The molecule has 1 saturated heterocycles. The number of aliphatic hydroxyl groups excluding tert-OH is 1. The van der Waals surface area contributed by atoms with Crippen LogP contribution in [0.2, 0.25) is 0 Å². The summed E-state index contributed by atoms with van der Waals surface area (Å²) in [5.74, 6) is 0. The van der Waals surface area contributed by atoms with E-state index in [0.717, 1.165) is 36.8 Å². The zero-order chi connectivity index (χ0) is 15.6. The molecule has 1 aromatic carbocycles. The van der Waals surface area contributed by atoms with E-state index < -0.39 is 10.0 Å². The number of rotatable bonds is 4. The zero-order valence-electron chi connectivity index (χ0n) is 13.1. The fraction of sp³-hybridized carbons (Fsp3) is 0.625. The normalized spacial score (nSPS) is 20.7. The van der Waals surface area contributed by atoms with Gasteiger partial charge >= 0.3 is 0 Å². The second kappa shape index (κ2) is 6.46. The third-order valence-electron chi connectivity index (χ3n) is 4.49. The Bertz CT molecular complexity index is 610. The van der Waals surface area contributed by atoms with Gasteiger partial charge in [0.1, 0.15) is 0 Å². The van der Waals surface area contributed by atoms with Crippen molar-refractivity contribution in [1.82, 2.24) is 4.31 Å². The smallest absolute Gasteiger partial charge is 0.243 e. The van der Waals surface area contributed by atoms with Gasteiger partial charge in [-0.25, -0.2) is 8.42 Å². The Labute approximate surface area is 127 Å². The minimum Gasteiger partial charge on any atom is -0.392 e. The van der Waals surface area contributed by atoms with Crippen molar-refractivity contribution >= 4 is 10.0 Å². The summed E-state index contributed by atoms with van der Waals surface area (Å²) in [6.45, 7) is 6.24. The van der Waals surface area contributed by atoms with E-state index in [0.29, 0.717) is 17.0 Å². The Morgan fingerprint density at radius 3 is 2.62 bits per heavy atom. The van der Waals surface area contributed by atoms with Gasteiger partial charge in [0.05, 0.1) is 11.5 Å². The fourth-order valence-corrected chi connectivity index (χ4v) is 5.20. The molecule has 0 aromatic heterocycles.